The average molecular weight is 350 g/mol. The number of aromatic carboxylic acids is 1. The Balaban J connectivity index is 2.60. The number of halogens is 6. The van der Waals surface area contributed by atoms with Gasteiger partial charge < -0.3 is 9.84 Å². The first-order valence-electron chi connectivity index (χ1n) is 6.28. The smallest absolute Gasteiger partial charge is 0.478 e. The van der Waals surface area contributed by atoms with E-state index in [2.05, 4.69) is 4.74 Å². The quantitative estimate of drug-likeness (QED) is 0.795. The van der Waals surface area contributed by atoms with Crippen molar-refractivity contribution in [2.75, 3.05) is 0 Å². The minimum Gasteiger partial charge on any atom is -0.478 e. The summed E-state index contributed by atoms with van der Waals surface area (Å²) < 4.78 is 79.6. The summed E-state index contributed by atoms with van der Waals surface area (Å²) in [5.41, 5.74) is -2.42. The molecule has 0 aliphatic heterocycles. The lowest BCUT2D eigenvalue weighted by Crippen LogP contribution is -2.17. The molecule has 0 radical (unpaired) electrons. The van der Waals surface area contributed by atoms with Gasteiger partial charge in [0.2, 0.25) is 0 Å². The zero-order valence-electron chi connectivity index (χ0n) is 11.6. The van der Waals surface area contributed by atoms with E-state index in [1.165, 1.54) is 0 Å². The van der Waals surface area contributed by atoms with Gasteiger partial charge in [-0.25, -0.2) is 4.79 Å². The van der Waals surface area contributed by atoms with Crippen LogP contribution in [0.1, 0.15) is 15.9 Å². The Morgan fingerprint density at radius 2 is 1.62 bits per heavy atom. The van der Waals surface area contributed by atoms with Gasteiger partial charge in [-0.3, -0.25) is 0 Å². The fourth-order valence-corrected chi connectivity index (χ4v) is 2.02. The number of rotatable bonds is 3. The highest BCUT2D eigenvalue weighted by Gasteiger charge is 2.35. The van der Waals surface area contributed by atoms with Crippen LogP contribution in [0.15, 0.2) is 42.5 Å². The highest BCUT2D eigenvalue weighted by Crippen LogP contribution is 2.39. The maximum Gasteiger partial charge on any atom is 0.573 e. The Kier molecular flexibility index (Phi) is 4.46. The van der Waals surface area contributed by atoms with Crippen molar-refractivity contribution in [3.05, 3.63) is 53.6 Å². The van der Waals surface area contributed by atoms with Crippen LogP contribution >= 0.6 is 0 Å². The van der Waals surface area contributed by atoms with Crippen LogP contribution in [-0.2, 0) is 6.18 Å². The zero-order valence-corrected chi connectivity index (χ0v) is 11.6. The van der Waals surface area contributed by atoms with E-state index in [-0.39, 0.29) is 5.56 Å². The summed E-state index contributed by atoms with van der Waals surface area (Å²) >= 11 is 0. The van der Waals surface area contributed by atoms with E-state index in [9.17, 15) is 31.1 Å². The summed E-state index contributed by atoms with van der Waals surface area (Å²) in [4.78, 5) is 10.9. The van der Waals surface area contributed by atoms with Gasteiger partial charge in [0, 0.05) is 0 Å². The molecule has 0 fully saturated rings. The van der Waals surface area contributed by atoms with Crippen LogP contribution in [0.5, 0.6) is 5.75 Å². The molecule has 3 nitrogen and oxygen atoms in total. The van der Waals surface area contributed by atoms with Gasteiger partial charge in [-0.2, -0.15) is 13.2 Å². The van der Waals surface area contributed by atoms with Crippen molar-refractivity contribution in [2.45, 2.75) is 12.5 Å². The normalized spacial score (nSPS) is 12.1. The van der Waals surface area contributed by atoms with Gasteiger partial charge in [-0.05, 0) is 41.5 Å². The number of ether oxygens (including phenoxy) is 1. The van der Waals surface area contributed by atoms with Crippen LogP contribution in [0.25, 0.3) is 11.1 Å². The highest BCUT2D eigenvalue weighted by atomic mass is 19.4. The molecule has 0 heterocycles. The van der Waals surface area contributed by atoms with Crippen LogP contribution in [-0.4, -0.2) is 17.4 Å². The first-order valence-corrected chi connectivity index (χ1v) is 6.28. The molecule has 0 amide bonds. The van der Waals surface area contributed by atoms with E-state index in [4.69, 9.17) is 5.11 Å². The summed E-state index contributed by atoms with van der Waals surface area (Å²) in [5.74, 6) is -2.18. The zero-order chi connectivity index (χ0) is 18.1. The molecule has 0 saturated carbocycles. The van der Waals surface area contributed by atoms with Crippen molar-refractivity contribution in [2.24, 2.45) is 0 Å². The van der Waals surface area contributed by atoms with Gasteiger partial charge in [0.05, 0.1) is 11.1 Å². The molecule has 0 aromatic heterocycles. The summed E-state index contributed by atoms with van der Waals surface area (Å²) in [7, 11) is 0. The van der Waals surface area contributed by atoms with Gasteiger partial charge in [0.1, 0.15) is 5.75 Å². The van der Waals surface area contributed by atoms with E-state index in [0.717, 1.165) is 36.4 Å². The van der Waals surface area contributed by atoms with Crippen LogP contribution < -0.4 is 4.74 Å². The lowest BCUT2D eigenvalue weighted by Gasteiger charge is -2.15. The van der Waals surface area contributed by atoms with E-state index in [0.29, 0.717) is 6.07 Å². The fraction of sp³-hybridized carbons (Fsp3) is 0.133. The van der Waals surface area contributed by atoms with Gasteiger partial charge in [0.25, 0.3) is 0 Å². The molecule has 128 valence electrons. The van der Waals surface area contributed by atoms with Crippen LogP contribution in [0.3, 0.4) is 0 Å². The molecule has 0 saturated heterocycles. The van der Waals surface area contributed by atoms with E-state index in [1.807, 2.05) is 0 Å². The number of alkyl halides is 6. The molecule has 2 aromatic carbocycles. The average Bonchev–Trinajstić information content (AvgIpc) is 2.44. The first kappa shape index (κ1) is 17.6. The maximum absolute atomic E-state index is 13.1. The van der Waals surface area contributed by atoms with Crippen LogP contribution in [0.4, 0.5) is 26.3 Å². The number of hydrogen-bond donors (Lipinski definition) is 1. The Morgan fingerprint density at radius 1 is 0.958 bits per heavy atom. The van der Waals surface area contributed by atoms with E-state index < -0.39 is 40.9 Å². The van der Waals surface area contributed by atoms with Crippen LogP contribution in [0.2, 0.25) is 0 Å². The molecule has 9 heteroatoms. The summed E-state index contributed by atoms with van der Waals surface area (Å²) in [6.07, 6.45) is -9.82. The SMILES string of the molecule is O=C(O)c1ccc(C(F)(F)F)c(-c2cccc(OC(F)(F)F)c2)c1. The molecule has 1 N–H and O–H groups in total. The number of carboxylic acids is 1. The third-order valence-electron chi connectivity index (χ3n) is 2.95. The van der Waals surface area contributed by atoms with Gasteiger partial charge in [-0.1, -0.05) is 12.1 Å². The molecule has 0 unspecified atom stereocenters. The van der Waals surface area contributed by atoms with Crippen molar-refractivity contribution < 1.29 is 41.0 Å². The molecule has 2 aromatic rings. The molecular formula is C15H8F6O3. The number of hydrogen-bond acceptors (Lipinski definition) is 2. The van der Waals surface area contributed by atoms with Crippen molar-refractivity contribution in [1.29, 1.82) is 0 Å². The number of carboxylic acid groups (broad SMARTS) is 1. The second-order valence-corrected chi connectivity index (χ2v) is 4.64. The van der Waals surface area contributed by atoms with Gasteiger partial charge in [0.15, 0.2) is 0 Å². The Morgan fingerprint density at radius 3 is 2.17 bits per heavy atom. The third kappa shape index (κ3) is 4.18. The standard InChI is InChI=1S/C15H8F6O3/c16-14(17,18)12-5-4-9(13(22)23)7-11(12)8-2-1-3-10(6-8)24-15(19,20)21/h1-7H,(H,22,23). The van der Waals surface area contributed by atoms with Gasteiger partial charge in [-0.15, -0.1) is 13.2 Å². The maximum atomic E-state index is 13.1. The molecule has 0 aliphatic rings. The Hall–Kier alpha value is -2.71. The molecular weight excluding hydrogens is 342 g/mol. The highest BCUT2D eigenvalue weighted by molar-refractivity contribution is 5.90. The molecule has 2 rings (SSSR count). The van der Waals surface area contributed by atoms with Crippen molar-refractivity contribution in [1.82, 2.24) is 0 Å². The van der Waals surface area contributed by atoms with Crippen molar-refractivity contribution in [3.8, 4) is 16.9 Å². The van der Waals surface area contributed by atoms with E-state index >= 15 is 0 Å². The molecule has 0 aliphatic carbocycles. The molecule has 24 heavy (non-hydrogen) atoms. The second-order valence-electron chi connectivity index (χ2n) is 4.64. The largest absolute Gasteiger partial charge is 0.573 e. The monoisotopic (exact) mass is 350 g/mol. The lowest BCUT2D eigenvalue weighted by molar-refractivity contribution is -0.274. The Bertz CT molecular complexity index is 765. The molecule has 0 bridgehead atoms. The third-order valence-corrected chi connectivity index (χ3v) is 2.95. The number of benzene rings is 2. The minimum atomic E-state index is -5.01. The summed E-state index contributed by atoms with van der Waals surface area (Å²) in [6.45, 7) is 0. The van der Waals surface area contributed by atoms with Crippen molar-refractivity contribution in [3.63, 3.8) is 0 Å². The van der Waals surface area contributed by atoms with Gasteiger partial charge >= 0.3 is 18.5 Å². The summed E-state index contributed by atoms with van der Waals surface area (Å²) in [5, 5.41) is 8.90. The minimum absolute atomic E-state index is 0.257. The fourth-order valence-electron chi connectivity index (χ4n) is 2.02. The Labute approximate surface area is 131 Å². The van der Waals surface area contributed by atoms with E-state index in [1.54, 1.807) is 0 Å². The van der Waals surface area contributed by atoms with Crippen LogP contribution in [0, 0.1) is 0 Å². The predicted octanol–water partition coefficient (Wildman–Crippen LogP) is 4.97. The second kappa shape index (κ2) is 6.06. The topological polar surface area (TPSA) is 46.5 Å². The van der Waals surface area contributed by atoms with Crippen molar-refractivity contribution >= 4 is 5.97 Å². The molecule has 0 spiro atoms. The predicted molar refractivity (Wildman–Crippen MR) is 70.5 cm³/mol. The lowest BCUT2D eigenvalue weighted by atomic mass is 9.96. The number of carbonyl (C=O) groups is 1. The molecule has 0 atom stereocenters. The first-order chi connectivity index (χ1) is 11.0. The summed E-state index contributed by atoms with van der Waals surface area (Å²) in [6, 6.07) is 5.96.